The Balaban J connectivity index is 2.54. The molecule has 110 valence electrons. The van der Waals surface area contributed by atoms with Crippen molar-refractivity contribution in [2.75, 3.05) is 12.3 Å². The first-order valence-electron chi connectivity index (χ1n) is 6.21. The molecule has 0 amide bonds. The molecule has 1 aliphatic carbocycles. The minimum Gasteiger partial charge on any atom is -0.481 e. The number of hydrogen-bond acceptors (Lipinski definition) is 4. The first-order valence-corrected chi connectivity index (χ1v) is 7.93. The van der Waals surface area contributed by atoms with Gasteiger partial charge in [0, 0.05) is 18.2 Å². The van der Waals surface area contributed by atoms with Crippen molar-refractivity contribution in [3.8, 4) is 0 Å². The predicted octanol–water partition coefficient (Wildman–Crippen LogP) is 0.756. The molecule has 20 heavy (non-hydrogen) atoms. The molecule has 3 N–H and O–H groups in total. The summed E-state index contributed by atoms with van der Waals surface area (Å²) in [6, 6.07) is 5.36. The van der Waals surface area contributed by atoms with Gasteiger partial charge in [0.2, 0.25) is 0 Å². The molecule has 0 radical (unpaired) electrons. The molecule has 1 aliphatic rings. The van der Waals surface area contributed by atoms with Crippen LogP contribution in [0.4, 0.5) is 4.39 Å². The van der Waals surface area contributed by atoms with E-state index in [0.717, 1.165) is 0 Å². The van der Waals surface area contributed by atoms with Crippen molar-refractivity contribution < 1.29 is 22.7 Å². The second kappa shape index (κ2) is 4.82. The van der Waals surface area contributed by atoms with Gasteiger partial charge in [0.15, 0.2) is 9.84 Å². The van der Waals surface area contributed by atoms with E-state index in [1.807, 2.05) is 0 Å². The number of aliphatic carboxylic acids is 1. The number of hydrogen-bond donors (Lipinski definition) is 2. The third-order valence-electron chi connectivity index (χ3n) is 3.99. The van der Waals surface area contributed by atoms with Gasteiger partial charge in [0.05, 0.1) is 5.25 Å². The maximum Gasteiger partial charge on any atom is 0.312 e. The highest BCUT2D eigenvalue weighted by atomic mass is 32.2. The monoisotopic (exact) mass is 301 g/mol. The molecule has 7 heteroatoms. The van der Waals surface area contributed by atoms with Crippen LogP contribution >= 0.6 is 0 Å². The lowest BCUT2D eigenvalue weighted by molar-refractivity contribution is -0.143. The average molecular weight is 301 g/mol. The number of carboxylic acid groups (broad SMARTS) is 1. The molecule has 3 atom stereocenters. The Morgan fingerprint density at radius 2 is 2.15 bits per heavy atom. The molecule has 1 aromatic rings. The zero-order valence-corrected chi connectivity index (χ0v) is 11.7. The fourth-order valence-corrected chi connectivity index (χ4v) is 4.95. The van der Waals surface area contributed by atoms with Crippen molar-refractivity contribution in [1.82, 2.24) is 0 Å². The van der Waals surface area contributed by atoms with Gasteiger partial charge in [0.25, 0.3) is 0 Å². The van der Waals surface area contributed by atoms with Crippen molar-refractivity contribution in [3.05, 3.63) is 35.6 Å². The van der Waals surface area contributed by atoms with E-state index in [0.29, 0.717) is 5.56 Å². The quantitative estimate of drug-likeness (QED) is 0.836. The van der Waals surface area contributed by atoms with Crippen LogP contribution in [0.3, 0.4) is 0 Å². The summed E-state index contributed by atoms with van der Waals surface area (Å²) in [7, 11) is -3.58. The van der Waals surface area contributed by atoms with Gasteiger partial charge in [-0.1, -0.05) is 19.1 Å². The zero-order valence-electron chi connectivity index (χ0n) is 10.9. The normalized spacial score (nSPS) is 29.1. The lowest BCUT2D eigenvalue weighted by atomic mass is 9.99. The van der Waals surface area contributed by atoms with Crippen molar-refractivity contribution in [1.29, 1.82) is 0 Å². The standard InChI is InChI=1S/C13H16FNO4S/c1-2-20(18,19)11-10(13(11,7-15)12(16)17)8-4-3-5-9(14)6-8/h3-6,10-11H,2,7,15H2,1H3,(H,16,17)/t10-,11-,13+/m1/s1. The summed E-state index contributed by atoms with van der Waals surface area (Å²) in [4.78, 5) is 11.5. The first-order chi connectivity index (χ1) is 9.31. The maximum absolute atomic E-state index is 13.3. The number of sulfone groups is 1. The van der Waals surface area contributed by atoms with Gasteiger partial charge in [-0.15, -0.1) is 0 Å². The summed E-state index contributed by atoms with van der Waals surface area (Å²) in [5.41, 5.74) is 4.35. The van der Waals surface area contributed by atoms with Crippen LogP contribution in [0.2, 0.25) is 0 Å². The van der Waals surface area contributed by atoms with Crippen LogP contribution < -0.4 is 5.73 Å². The summed E-state index contributed by atoms with van der Waals surface area (Å²) >= 11 is 0. The number of carboxylic acids is 1. The molecule has 2 rings (SSSR count). The van der Waals surface area contributed by atoms with E-state index in [-0.39, 0.29) is 12.3 Å². The zero-order chi connectivity index (χ0) is 15.1. The second-order valence-electron chi connectivity index (χ2n) is 4.95. The number of rotatable bonds is 5. The molecule has 0 saturated heterocycles. The molecule has 0 spiro atoms. The SMILES string of the molecule is CCS(=O)(=O)[C@@H]1[C@@H](c2cccc(F)c2)[C@]1(CN)C(=O)O. The van der Waals surface area contributed by atoms with Crippen LogP contribution in [-0.4, -0.2) is 37.0 Å². The van der Waals surface area contributed by atoms with E-state index >= 15 is 0 Å². The van der Waals surface area contributed by atoms with Gasteiger partial charge >= 0.3 is 5.97 Å². The van der Waals surface area contributed by atoms with Gasteiger partial charge in [-0.25, -0.2) is 12.8 Å². The molecule has 0 bridgehead atoms. The van der Waals surface area contributed by atoms with Crippen LogP contribution in [-0.2, 0) is 14.6 Å². The Hall–Kier alpha value is -1.47. The van der Waals surface area contributed by atoms with Gasteiger partial charge in [0.1, 0.15) is 11.2 Å². The largest absolute Gasteiger partial charge is 0.481 e. The lowest BCUT2D eigenvalue weighted by Gasteiger charge is -2.09. The summed E-state index contributed by atoms with van der Waals surface area (Å²) in [5, 5.41) is 8.30. The van der Waals surface area contributed by atoms with E-state index in [1.54, 1.807) is 0 Å². The lowest BCUT2D eigenvalue weighted by Crippen LogP contribution is -2.32. The van der Waals surface area contributed by atoms with Crippen LogP contribution in [0.15, 0.2) is 24.3 Å². The second-order valence-corrected chi connectivity index (χ2v) is 7.37. The fourth-order valence-electron chi connectivity index (χ4n) is 2.87. The average Bonchev–Trinajstić information content (AvgIpc) is 3.10. The van der Waals surface area contributed by atoms with E-state index in [1.165, 1.54) is 31.2 Å². The van der Waals surface area contributed by atoms with Crippen molar-refractivity contribution >= 4 is 15.8 Å². The summed E-state index contributed by atoms with van der Waals surface area (Å²) < 4.78 is 37.5. The highest BCUT2D eigenvalue weighted by Crippen LogP contribution is 2.62. The topological polar surface area (TPSA) is 97.5 Å². The fraction of sp³-hybridized carbons (Fsp3) is 0.462. The summed E-state index contributed by atoms with van der Waals surface area (Å²) in [6.45, 7) is 1.16. The molecular formula is C13H16FNO4S. The van der Waals surface area contributed by atoms with E-state index in [9.17, 15) is 22.7 Å². The van der Waals surface area contributed by atoms with Gasteiger partial charge in [-0.05, 0) is 17.7 Å². The molecule has 0 aliphatic heterocycles. The number of halogens is 1. The minimum absolute atomic E-state index is 0.168. The molecular weight excluding hydrogens is 285 g/mol. The maximum atomic E-state index is 13.3. The Morgan fingerprint density at radius 1 is 1.50 bits per heavy atom. The minimum atomic E-state index is -3.58. The first kappa shape index (κ1) is 14.9. The third kappa shape index (κ3) is 2.01. The number of benzene rings is 1. The predicted molar refractivity (Wildman–Crippen MR) is 71.5 cm³/mol. The molecule has 1 fully saturated rings. The molecule has 0 heterocycles. The number of nitrogens with two attached hydrogens (primary N) is 1. The molecule has 0 unspecified atom stereocenters. The third-order valence-corrected chi connectivity index (χ3v) is 6.26. The van der Waals surface area contributed by atoms with E-state index in [4.69, 9.17) is 5.73 Å². The Bertz CT molecular complexity index is 646. The van der Waals surface area contributed by atoms with Crippen molar-refractivity contribution in [2.45, 2.75) is 18.1 Å². The summed E-state index contributed by atoms with van der Waals surface area (Å²) in [6.07, 6.45) is 0. The number of carbonyl (C=O) groups is 1. The van der Waals surface area contributed by atoms with Crippen molar-refractivity contribution in [2.24, 2.45) is 11.1 Å². The van der Waals surface area contributed by atoms with Crippen LogP contribution in [0.25, 0.3) is 0 Å². The molecule has 1 aromatic carbocycles. The molecule has 0 aromatic heterocycles. The molecule has 1 saturated carbocycles. The van der Waals surface area contributed by atoms with Crippen LogP contribution in [0.5, 0.6) is 0 Å². The summed E-state index contributed by atoms with van der Waals surface area (Å²) in [5.74, 6) is -2.75. The molecule has 5 nitrogen and oxygen atoms in total. The smallest absolute Gasteiger partial charge is 0.312 e. The Morgan fingerprint density at radius 3 is 2.60 bits per heavy atom. The Labute approximate surface area is 116 Å². The van der Waals surface area contributed by atoms with Gasteiger partial charge < -0.3 is 10.8 Å². The van der Waals surface area contributed by atoms with Crippen LogP contribution in [0.1, 0.15) is 18.4 Å². The Kier molecular flexibility index (Phi) is 3.60. The van der Waals surface area contributed by atoms with E-state index < -0.39 is 38.2 Å². The van der Waals surface area contributed by atoms with Gasteiger partial charge in [-0.2, -0.15) is 0 Å². The van der Waals surface area contributed by atoms with Gasteiger partial charge in [-0.3, -0.25) is 4.79 Å². The van der Waals surface area contributed by atoms with E-state index in [2.05, 4.69) is 0 Å². The highest BCUT2D eigenvalue weighted by molar-refractivity contribution is 7.92. The van der Waals surface area contributed by atoms with Crippen LogP contribution in [0, 0.1) is 11.2 Å². The highest BCUT2D eigenvalue weighted by Gasteiger charge is 2.74. The van der Waals surface area contributed by atoms with Crippen molar-refractivity contribution in [3.63, 3.8) is 0 Å².